The molecule has 0 N–H and O–H groups in total. The Morgan fingerprint density at radius 1 is 1.00 bits per heavy atom. The van der Waals surface area contributed by atoms with Crippen molar-refractivity contribution < 1.29 is 53.6 Å². The molecule has 1 fully saturated rings. The Hall–Kier alpha value is 0.0206. The average molecular weight is 545 g/mol. The Morgan fingerprint density at radius 2 is 1.61 bits per heavy atom. The summed E-state index contributed by atoms with van der Waals surface area (Å²) in [6, 6.07) is 1.34. The first-order valence-electron chi connectivity index (χ1n) is 10.9. The summed E-state index contributed by atoms with van der Waals surface area (Å²) in [5.74, 6) is -4.16. The summed E-state index contributed by atoms with van der Waals surface area (Å²) in [6.45, 7) is 6.37. The molecule has 0 aromatic rings. The molecule has 1 heterocycles. The zero-order valence-corrected chi connectivity index (χ0v) is 23.1. The third-order valence-corrected chi connectivity index (χ3v) is 15.9. The summed E-state index contributed by atoms with van der Waals surface area (Å²) in [6.07, 6.45) is -3.98. The lowest BCUT2D eigenvalue weighted by atomic mass is 10.3. The van der Waals surface area contributed by atoms with E-state index in [0.29, 0.717) is 25.7 Å². The van der Waals surface area contributed by atoms with Gasteiger partial charge in [-0.15, -0.1) is 0 Å². The van der Waals surface area contributed by atoms with Crippen LogP contribution >= 0.6 is 0 Å². The van der Waals surface area contributed by atoms with E-state index in [1.807, 2.05) is 26.2 Å². The minimum Gasteiger partial charge on any atom is -0.439 e. The third-order valence-electron chi connectivity index (χ3n) is 5.02. The van der Waals surface area contributed by atoms with E-state index >= 15 is 0 Å². The number of rotatable bonds is 19. The molecule has 0 saturated carbocycles. The van der Waals surface area contributed by atoms with E-state index < -0.39 is 51.7 Å². The molecule has 198 valence electrons. The standard InChI is InChI=1S/C18H37F5O7Si3/c1-24-33(5,11-7-8-25-12-16-13-27-16)30-31(2)29-32(3,4)10-6-9-26-14-17(20,28-15-19)18(21,22)23/h16,31H,6-15H2,1-5H3. The predicted molar refractivity (Wildman–Crippen MR) is 118 cm³/mol. The number of alkyl halides is 5. The summed E-state index contributed by atoms with van der Waals surface area (Å²) in [5.41, 5.74) is 0. The second kappa shape index (κ2) is 13.9. The van der Waals surface area contributed by atoms with Crippen LogP contribution in [0.25, 0.3) is 0 Å². The molecule has 0 amide bonds. The minimum atomic E-state index is -5.38. The highest BCUT2D eigenvalue weighted by Gasteiger charge is 2.58. The van der Waals surface area contributed by atoms with E-state index in [-0.39, 0.29) is 12.7 Å². The quantitative estimate of drug-likeness (QED) is 0.105. The second-order valence-electron chi connectivity index (χ2n) is 8.67. The van der Waals surface area contributed by atoms with Crippen LogP contribution in [0.5, 0.6) is 0 Å². The van der Waals surface area contributed by atoms with Gasteiger partial charge >= 0.3 is 20.6 Å². The molecule has 7 nitrogen and oxygen atoms in total. The van der Waals surface area contributed by atoms with Crippen molar-refractivity contribution in [2.75, 3.05) is 47.0 Å². The number of epoxide rings is 1. The summed E-state index contributed by atoms with van der Waals surface area (Å²) in [7, 11) is -5.00. The Morgan fingerprint density at radius 3 is 2.15 bits per heavy atom. The van der Waals surface area contributed by atoms with Gasteiger partial charge in [0.05, 0.1) is 13.2 Å². The van der Waals surface area contributed by atoms with Crippen LogP contribution in [0.1, 0.15) is 12.8 Å². The lowest BCUT2D eigenvalue weighted by Gasteiger charge is -2.33. The summed E-state index contributed by atoms with van der Waals surface area (Å²) in [4.78, 5) is 0. The van der Waals surface area contributed by atoms with Crippen molar-refractivity contribution >= 4 is 26.2 Å². The maximum absolute atomic E-state index is 13.7. The number of hydrogen-bond acceptors (Lipinski definition) is 7. The lowest BCUT2D eigenvalue weighted by Crippen LogP contribution is -2.48. The van der Waals surface area contributed by atoms with Crippen LogP contribution in [0.4, 0.5) is 22.0 Å². The molecule has 0 radical (unpaired) electrons. The highest BCUT2D eigenvalue weighted by molar-refractivity contribution is 6.80. The maximum Gasteiger partial charge on any atom is 0.450 e. The van der Waals surface area contributed by atoms with Gasteiger partial charge in [0, 0.05) is 20.3 Å². The SMILES string of the molecule is CO[Si](C)(CCCOCC1CO1)O[SiH](C)O[Si](C)(C)CCCOCC(F)(OCF)C(F)(F)F. The van der Waals surface area contributed by atoms with Crippen molar-refractivity contribution in [3.8, 4) is 0 Å². The molecule has 0 bridgehead atoms. The topological polar surface area (TPSA) is 67.9 Å². The number of halogens is 5. The van der Waals surface area contributed by atoms with Crippen molar-refractivity contribution in [1.29, 1.82) is 0 Å². The van der Waals surface area contributed by atoms with Crippen molar-refractivity contribution in [2.24, 2.45) is 0 Å². The molecule has 1 saturated heterocycles. The first-order chi connectivity index (χ1) is 15.3. The van der Waals surface area contributed by atoms with Crippen LogP contribution in [0.15, 0.2) is 0 Å². The van der Waals surface area contributed by atoms with E-state index in [2.05, 4.69) is 4.74 Å². The normalized spacial score (nSPS) is 21.5. The largest absolute Gasteiger partial charge is 0.450 e. The first-order valence-corrected chi connectivity index (χ1v) is 18.6. The van der Waals surface area contributed by atoms with E-state index in [4.69, 9.17) is 26.9 Å². The molecule has 0 aromatic carbocycles. The van der Waals surface area contributed by atoms with E-state index in [1.165, 1.54) is 0 Å². The van der Waals surface area contributed by atoms with Crippen molar-refractivity contribution in [3.63, 3.8) is 0 Å². The van der Waals surface area contributed by atoms with Crippen molar-refractivity contribution in [2.45, 2.75) is 69.3 Å². The third kappa shape index (κ3) is 12.5. The molecule has 0 spiro atoms. The van der Waals surface area contributed by atoms with Crippen LogP contribution in [-0.2, 0) is 31.6 Å². The van der Waals surface area contributed by atoms with Crippen LogP contribution in [0.3, 0.4) is 0 Å². The van der Waals surface area contributed by atoms with Crippen molar-refractivity contribution in [1.82, 2.24) is 0 Å². The predicted octanol–water partition coefficient (Wildman–Crippen LogP) is 4.18. The highest BCUT2D eigenvalue weighted by Crippen LogP contribution is 2.35. The molecule has 1 aliphatic heterocycles. The van der Waals surface area contributed by atoms with Gasteiger partial charge in [-0.2, -0.15) is 17.6 Å². The molecule has 0 aliphatic carbocycles. The Kier molecular flexibility index (Phi) is 13.1. The molecule has 1 aliphatic rings. The van der Waals surface area contributed by atoms with E-state index in [1.54, 1.807) is 7.11 Å². The van der Waals surface area contributed by atoms with Crippen LogP contribution in [0.2, 0.25) is 38.3 Å². The van der Waals surface area contributed by atoms with Gasteiger partial charge in [0.15, 0.2) is 15.2 Å². The molecular weight excluding hydrogens is 507 g/mol. The Labute approximate surface area is 196 Å². The van der Waals surface area contributed by atoms with Gasteiger partial charge in [0.1, 0.15) is 12.7 Å². The number of ether oxygens (including phenoxy) is 4. The fourth-order valence-corrected chi connectivity index (χ4v) is 13.4. The molecule has 4 atom stereocenters. The molecule has 1 rings (SSSR count). The number of hydrogen-bond donors (Lipinski definition) is 0. The molecule has 15 heteroatoms. The lowest BCUT2D eigenvalue weighted by molar-refractivity contribution is -0.353. The zero-order valence-electron chi connectivity index (χ0n) is 20.0. The minimum absolute atomic E-state index is 0.135. The van der Waals surface area contributed by atoms with Gasteiger partial charge in [0.2, 0.25) is 0 Å². The summed E-state index contributed by atoms with van der Waals surface area (Å²) in [5, 5.41) is 0. The van der Waals surface area contributed by atoms with Gasteiger partial charge in [-0.25, -0.2) is 4.39 Å². The average Bonchev–Trinajstić information content (AvgIpc) is 3.50. The molecule has 4 unspecified atom stereocenters. The Balaban J connectivity index is 2.32. The fraction of sp³-hybridized carbons (Fsp3) is 1.00. The van der Waals surface area contributed by atoms with Crippen LogP contribution in [0, 0.1) is 0 Å². The van der Waals surface area contributed by atoms with Crippen LogP contribution in [-0.4, -0.2) is 91.3 Å². The van der Waals surface area contributed by atoms with Gasteiger partial charge in [0.25, 0.3) is 9.28 Å². The summed E-state index contributed by atoms with van der Waals surface area (Å²) < 4.78 is 101. The van der Waals surface area contributed by atoms with Gasteiger partial charge in [-0.1, -0.05) is 0 Å². The first kappa shape index (κ1) is 31.1. The highest BCUT2D eigenvalue weighted by atomic mass is 28.5. The smallest absolute Gasteiger partial charge is 0.439 e. The van der Waals surface area contributed by atoms with Gasteiger partial charge in [-0.3, -0.25) is 0 Å². The van der Waals surface area contributed by atoms with Crippen molar-refractivity contribution in [3.05, 3.63) is 0 Å². The second-order valence-corrected chi connectivity index (χ2v) is 18.9. The van der Waals surface area contributed by atoms with E-state index in [9.17, 15) is 22.0 Å². The van der Waals surface area contributed by atoms with Gasteiger partial charge < -0.3 is 31.6 Å². The molecule has 33 heavy (non-hydrogen) atoms. The Bertz CT molecular complexity index is 560. The van der Waals surface area contributed by atoms with E-state index in [0.717, 1.165) is 19.1 Å². The monoisotopic (exact) mass is 544 g/mol. The summed E-state index contributed by atoms with van der Waals surface area (Å²) >= 11 is 0. The molecule has 0 aromatic heterocycles. The van der Waals surface area contributed by atoms with Gasteiger partial charge in [-0.05, 0) is 51.1 Å². The maximum atomic E-state index is 13.7. The fourth-order valence-electron chi connectivity index (χ4n) is 3.06. The van der Waals surface area contributed by atoms with Crippen LogP contribution < -0.4 is 0 Å². The zero-order chi connectivity index (χ0) is 25.2. The molecular formula is C18H37F5O7Si3.